The summed E-state index contributed by atoms with van der Waals surface area (Å²) in [5, 5.41) is 5.67. The van der Waals surface area contributed by atoms with E-state index in [1.165, 1.54) is 0 Å². The first-order valence-electron chi connectivity index (χ1n) is 7.28. The molecule has 4 heteroatoms. The predicted molar refractivity (Wildman–Crippen MR) is 80.3 cm³/mol. The van der Waals surface area contributed by atoms with E-state index >= 15 is 0 Å². The molecule has 110 valence electrons. The van der Waals surface area contributed by atoms with Gasteiger partial charge in [-0.05, 0) is 18.4 Å². The van der Waals surface area contributed by atoms with E-state index in [-0.39, 0.29) is 11.8 Å². The third-order valence-electron chi connectivity index (χ3n) is 2.96. The lowest BCUT2D eigenvalue weighted by atomic mass is 10.0. The maximum absolute atomic E-state index is 12.1. The molecule has 0 radical (unpaired) electrons. The van der Waals surface area contributed by atoms with Gasteiger partial charge in [-0.25, -0.2) is 0 Å². The highest BCUT2D eigenvalue weighted by Gasteiger charge is 2.20. The van der Waals surface area contributed by atoms with E-state index in [1.807, 2.05) is 44.2 Å². The molecule has 1 atom stereocenters. The van der Waals surface area contributed by atoms with E-state index < -0.39 is 6.04 Å². The van der Waals surface area contributed by atoms with Gasteiger partial charge in [0.1, 0.15) is 6.04 Å². The molecule has 0 aliphatic heterocycles. The zero-order chi connectivity index (χ0) is 14.8. The highest BCUT2D eigenvalue weighted by molar-refractivity contribution is 5.87. The summed E-state index contributed by atoms with van der Waals surface area (Å²) in [6.45, 7) is 4.58. The van der Waals surface area contributed by atoms with Crippen molar-refractivity contribution < 1.29 is 9.59 Å². The van der Waals surface area contributed by atoms with Gasteiger partial charge < -0.3 is 10.6 Å². The number of benzene rings is 1. The number of hydrogen-bond acceptors (Lipinski definition) is 2. The molecule has 0 saturated carbocycles. The molecule has 0 saturated heterocycles. The summed E-state index contributed by atoms with van der Waals surface area (Å²) in [6, 6.07) is 9.24. The third-order valence-corrected chi connectivity index (χ3v) is 2.96. The quantitative estimate of drug-likeness (QED) is 0.763. The van der Waals surface area contributed by atoms with Crippen molar-refractivity contribution in [1.82, 2.24) is 10.6 Å². The van der Waals surface area contributed by atoms with Crippen molar-refractivity contribution >= 4 is 11.8 Å². The second-order valence-corrected chi connectivity index (χ2v) is 4.85. The summed E-state index contributed by atoms with van der Waals surface area (Å²) >= 11 is 0. The van der Waals surface area contributed by atoms with Crippen LogP contribution >= 0.6 is 0 Å². The Morgan fingerprint density at radius 2 is 1.80 bits per heavy atom. The van der Waals surface area contributed by atoms with Gasteiger partial charge in [-0.15, -0.1) is 0 Å². The Kier molecular flexibility index (Phi) is 7.40. The van der Waals surface area contributed by atoms with Crippen LogP contribution < -0.4 is 10.6 Å². The predicted octanol–water partition coefficient (Wildman–Crippen LogP) is 2.04. The maximum atomic E-state index is 12.1. The first-order chi connectivity index (χ1) is 9.67. The highest BCUT2D eigenvalue weighted by atomic mass is 16.2. The molecule has 0 aromatic heterocycles. The van der Waals surface area contributed by atoms with Crippen LogP contribution in [0.3, 0.4) is 0 Å². The van der Waals surface area contributed by atoms with Crippen LogP contribution in [0.1, 0.15) is 38.7 Å². The number of carbonyl (C=O) groups is 2. The van der Waals surface area contributed by atoms with Crippen LogP contribution in [0.4, 0.5) is 0 Å². The Bertz CT molecular complexity index is 418. The van der Waals surface area contributed by atoms with Gasteiger partial charge >= 0.3 is 0 Å². The summed E-state index contributed by atoms with van der Waals surface area (Å²) in [4.78, 5) is 23.9. The smallest absolute Gasteiger partial charge is 0.242 e. The molecular weight excluding hydrogens is 252 g/mol. The first-order valence-corrected chi connectivity index (χ1v) is 7.28. The first kappa shape index (κ1) is 16.2. The van der Waals surface area contributed by atoms with Crippen LogP contribution in [-0.4, -0.2) is 24.4 Å². The monoisotopic (exact) mass is 276 g/mol. The molecular formula is C16H24N2O2. The van der Waals surface area contributed by atoms with Crippen LogP contribution in [-0.2, 0) is 16.0 Å². The molecule has 4 nitrogen and oxygen atoms in total. The fourth-order valence-corrected chi connectivity index (χ4v) is 1.92. The number of nitrogens with one attached hydrogen (secondary N) is 2. The van der Waals surface area contributed by atoms with E-state index in [9.17, 15) is 9.59 Å². The molecule has 1 unspecified atom stereocenters. The van der Waals surface area contributed by atoms with Crippen molar-refractivity contribution in [1.29, 1.82) is 0 Å². The van der Waals surface area contributed by atoms with Crippen LogP contribution in [0.2, 0.25) is 0 Å². The van der Waals surface area contributed by atoms with Gasteiger partial charge in [-0.3, -0.25) is 9.59 Å². The van der Waals surface area contributed by atoms with Crippen LogP contribution in [0.25, 0.3) is 0 Å². The van der Waals surface area contributed by atoms with Crippen LogP contribution in [0, 0.1) is 0 Å². The van der Waals surface area contributed by atoms with Gasteiger partial charge in [0, 0.05) is 19.4 Å². The Hall–Kier alpha value is -1.84. The van der Waals surface area contributed by atoms with Gasteiger partial charge in [0.25, 0.3) is 0 Å². The molecule has 0 bridgehead atoms. The molecule has 0 heterocycles. The van der Waals surface area contributed by atoms with Crippen molar-refractivity contribution in [2.24, 2.45) is 0 Å². The van der Waals surface area contributed by atoms with Gasteiger partial charge in [0.2, 0.25) is 11.8 Å². The summed E-state index contributed by atoms with van der Waals surface area (Å²) in [5.74, 6) is -0.180. The summed E-state index contributed by atoms with van der Waals surface area (Å²) in [5.41, 5.74) is 1.04. The van der Waals surface area contributed by atoms with E-state index in [0.717, 1.165) is 18.4 Å². The lowest BCUT2D eigenvalue weighted by Crippen LogP contribution is -2.48. The van der Waals surface area contributed by atoms with Crippen molar-refractivity contribution in [2.45, 2.75) is 45.6 Å². The minimum absolute atomic E-state index is 0.0694. The van der Waals surface area contributed by atoms with Crippen LogP contribution in [0.15, 0.2) is 30.3 Å². The third kappa shape index (κ3) is 5.87. The highest BCUT2D eigenvalue weighted by Crippen LogP contribution is 2.04. The normalized spacial score (nSPS) is 11.7. The summed E-state index contributed by atoms with van der Waals surface area (Å²) in [6.07, 6.45) is 2.63. The molecule has 2 N–H and O–H groups in total. The minimum atomic E-state index is -0.497. The molecule has 1 rings (SSSR count). The second-order valence-electron chi connectivity index (χ2n) is 4.85. The average Bonchev–Trinajstić information content (AvgIpc) is 2.45. The summed E-state index contributed by atoms with van der Waals surface area (Å²) in [7, 11) is 0. The van der Waals surface area contributed by atoms with E-state index in [1.54, 1.807) is 0 Å². The molecule has 1 aromatic rings. The summed E-state index contributed by atoms with van der Waals surface area (Å²) < 4.78 is 0. The Morgan fingerprint density at radius 3 is 2.40 bits per heavy atom. The van der Waals surface area contributed by atoms with Crippen LogP contribution in [0.5, 0.6) is 0 Å². The Labute approximate surface area is 121 Å². The molecule has 1 aromatic carbocycles. The lowest BCUT2D eigenvalue weighted by molar-refractivity contribution is -0.129. The fraction of sp³-hybridized carbons (Fsp3) is 0.500. The SMILES string of the molecule is CCCNC(=O)C(Cc1ccccc1)NC(=O)CCC. The lowest BCUT2D eigenvalue weighted by Gasteiger charge is -2.18. The van der Waals surface area contributed by atoms with Crippen molar-refractivity contribution in [3.63, 3.8) is 0 Å². The van der Waals surface area contributed by atoms with E-state index in [4.69, 9.17) is 0 Å². The zero-order valence-electron chi connectivity index (χ0n) is 12.3. The molecule has 0 spiro atoms. The maximum Gasteiger partial charge on any atom is 0.242 e. The van der Waals surface area contributed by atoms with E-state index in [0.29, 0.717) is 19.4 Å². The minimum Gasteiger partial charge on any atom is -0.354 e. The molecule has 20 heavy (non-hydrogen) atoms. The van der Waals surface area contributed by atoms with E-state index in [2.05, 4.69) is 10.6 Å². The second kappa shape index (κ2) is 9.13. The Balaban J connectivity index is 2.67. The molecule has 0 fully saturated rings. The number of carbonyl (C=O) groups excluding carboxylic acids is 2. The number of amides is 2. The van der Waals surface area contributed by atoms with Crippen molar-refractivity contribution in [3.8, 4) is 0 Å². The fourth-order valence-electron chi connectivity index (χ4n) is 1.92. The van der Waals surface area contributed by atoms with Gasteiger partial charge in [0.05, 0.1) is 0 Å². The van der Waals surface area contributed by atoms with Gasteiger partial charge in [-0.2, -0.15) is 0 Å². The van der Waals surface area contributed by atoms with Gasteiger partial charge in [0.15, 0.2) is 0 Å². The topological polar surface area (TPSA) is 58.2 Å². The average molecular weight is 276 g/mol. The van der Waals surface area contributed by atoms with Crippen molar-refractivity contribution in [3.05, 3.63) is 35.9 Å². The van der Waals surface area contributed by atoms with Crippen molar-refractivity contribution in [2.75, 3.05) is 6.54 Å². The standard InChI is InChI=1S/C16H24N2O2/c1-3-8-15(19)18-14(16(20)17-11-4-2)12-13-9-6-5-7-10-13/h5-7,9-10,14H,3-4,8,11-12H2,1-2H3,(H,17,20)(H,18,19). The zero-order valence-corrected chi connectivity index (χ0v) is 12.3. The molecule has 0 aliphatic rings. The largest absolute Gasteiger partial charge is 0.354 e. The molecule has 0 aliphatic carbocycles. The number of hydrogen-bond donors (Lipinski definition) is 2. The number of rotatable bonds is 8. The van der Waals surface area contributed by atoms with Gasteiger partial charge in [-0.1, -0.05) is 44.2 Å². The Morgan fingerprint density at radius 1 is 1.10 bits per heavy atom. The molecule has 2 amide bonds.